The Morgan fingerprint density at radius 1 is 1.21 bits per heavy atom. The van der Waals surface area contributed by atoms with Crippen LogP contribution < -0.4 is 0 Å². The molecule has 0 unspecified atom stereocenters. The number of hydrogen-bond acceptors (Lipinski definition) is 3. The fourth-order valence-corrected chi connectivity index (χ4v) is 4.08. The molecule has 0 spiro atoms. The van der Waals surface area contributed by atoms with E-state index in [-0.39, 0.29) is 5.92 Å². The number of aliphatic hydroxyl groups is 1. The number of carbonyl (C=O) groups excluding carboxylic acids is 1. The van der Waals surface area contributed by atoms with Gasteiger partial charge in [0.2, 0.25) is 5.91 Å². The summed E-state index contributed by atoms with van der Waals surface area (Å²) in [5.74, 6) is 0.445. The van der Waals surface area contributed by atoms with Crippen molar-refractivity contribution in [3.05, 3.63) is 34.9 Å². The van der Waals surface area contributed by atoms with Crippen LogP contribution in [0.25, 0.3) is 0 Å². The minimum atomic E-state index is -0.481. The number of nitrogens with zero attached hydrogens (tertiary/aromatic N) is 2. The van der Waals surface area contributed by atoms with Crippen molar-refractivity contribution in [1.82, 2.24) is 9.80 Å². The van der Waals surface area contributed by atoms with Crippen molar-refractivity contribution in [1.29, 1.82) is 0 Å². The first-order chi connectivity index (χ1) is 11.5. The van der Waals surface area contributed by atoms with Gasteiger partial charge in [-0.2, -0.15) is 0 Å². The highest BCUT2D eigenvalue weighted by Gasteiger charge is 2.31. The van der Waals surface area contributed by atoms with Gasteiger partial charge in [0.05, 0.1) is 12.0 Å². The molecule has 2 aliphatic rings. The molecule has 0 saturated carbocycles. The predicted octanol–water partition coefficient (Wildman–Crippen LogP) is 2.67. The number of piperidine rings is 1. The molecular formula is C20H30N2O2. The molecule has 3 rings (SSSR count). The van der Waals surface area contributed by atoms with Crippen molar-refractivity contribution in [2.75, 3.05) is 32.7 Å². The zero-order chi connectivity index (χ0) is 17.1. The number of aryl methyl sites for hydroxylation is 2. The zero-order valence-electron chi connectivity index (χ0n) is 15.0. The molecule has 4 nitrogen and oxygen atoms in total. The summed E-state index contributed by atoms with van der Waals surface area (Å²) in [5, 5.41) is 10.7. The Balaban J connectivity index is 1.60. The van der Waals surface area contributed by atoms with E-state index in [4.69, 9.17) is 0 Å². The Morgan fingerprint density at radius 3 is 2.71 bits per heavy atom. The number of amides is 1. The van der Waals surface area contributed by atoms with Crippen LogP contribution in [-0.2, 0) is 4.79 Å². The lowest BCUT2D eigenvalue weighted by molar-refractivity contribution is -0.136. The molecule has 2 aliphatic heterocycles. The molecule has 2 heterocycles. The van der Waals surface area contributed by atoms with E-state index in [1.54, 1.807) is 0 Å². The number of hydrogen-bond donors (Lipinski definition) is 1. The summed E-state index contributed by atoms with van der Waals surface area (Å²) in [7, 11) is 0. The molecule has 0 aromatic heterocycles. The van der Waals surface area contributed by atoms with Crippen LogP contribution in [0.5, 0.6) is 0 Å². The lowest BCUT2D eigenvalue weighted by Gasteiger charge is -2.35. The third kappa shape index (κ3) is 3.98. The second-order valence-electron chi connectivity index (χ2n) is 7.51. The van der Waals surface area contributed by atoms with Gasteiger partial charge in [-0.15, -0.1) is 0 Å². The first-order valence-electron chi connectivity index (χ1n) is 9.31. The molecule has 1 amide bonds. The summed E-state index contributed by atoms with van der Waals surface area (Å²) >= 11 is 0. The van der Waals surface area contributed by atoms with Gasteiger partial charge in [0.25, 0.3) is 0 Å². The third-order valence-electron chi connectivity index (χ3n) is 5.50. The van der Waals surface area contributed by atoms with Gasteiger partial charge in [0.1, 0.15) is 0 Å². The Labute approximate surface area is 145 Å². The summed E-state index contributed by atoms with van der Waals surface area (Å²) in [4.78, 5) is 16.9. The van der Waals surface area contributed by atoms with Crippen molar-refractivity contribution < 1.29 is 9.90 Å². The van der Waals surface area contributed by atoms with Gasteiger partial charge < -0.3 is 10.0 Å². The number of aliphatic hydroxyl groups excluding tert-OH is 1. The molecule has 2 saturated heterocycles. The first-order valence-corrected chi connectivity index (χ1v) is 9.31. The molecule has 4 heteroatoms. The number of rotatable bonds is 4. The largest absolute Gasteiger partial charge is 0.387 e. The molecule has 2 atom stereocenters. The molecular weight excluding hydrogens is 300 g/mol. The SMILES string of the molecule is Cc1ccc(C)c([C@H](O)CN2CCC[C@H](C(=O)N3CCCC3)C2)c1. The van der Waals surface area contributed by atoms with E-state index in [1.807, 2.05) is 11.8 Å². The van der Waals surface area contributed by atoms with Gasteiger partial charge in [0.15, 0.2) is 0 Å². The van der Waals surface area contributed by atoms with E-state index in [0.717, 1.165) is 63.0 Å². The Bertz CT molecular complexity index is 581. The Morgan fingerprint density at radius 2 is 1.96 bits per heavy atom. The normalized spacial score (nSPS) is 23.5. The molecule has 132 valence electrons. The Kier molecular flexibility index (Phi) is 5.57. The minimum Gasteiger partial charge on any atom is -0.387 e. The summed E-state index contributed by atoms with van der Waals surface area (Å²) in [6, 6.07) is 6.23. The molecule has 0 radical (unpaired) electrons. The maximum atomic E-state index is 12.6. The Hall–Kier alpha value is -1.39. The first kappa shape index (κ1) is 17.4. The van der Waals surface area contributed by atoms with Crippen molar-refractivity contribution in [2.45, 2.75) is 45.6 Å². The maximum Gasteiger partial charge on any atom is 0.226 e. The van der Waals surface area contributed by atoms with E-state index in [0.29, 0.717) is 12.5 Å². The van der Waals surface area contributed by atoms with Crippen LogP contribution in [0.3, 0.4) is 0 Å². The predicted molar refractivity (Wildman–Crippen MR) is 95.9 cm³/mol. The number of likely N-dealkylation sites (tertiary alicyclic amines) is 2. The van der Waals surface area contributed by atoms with E-state index in [9.17, 15) is 9.90 Å². The average Bonchev–Trinajstić information content (AvgIpc) is 3.11. The van der Waals surface area contributed by atoms with E-state index in [1.165, 1.54) is 5.56 Å². The van der Waals surface area contributed by atoms with E-state index >= 15 is 0 Å². The standard InChI is InChI=1S/C20H30N2O2/c1-15-7-8-16(2)18(12-15)19(23)14-21-9-5-6-17(13-21)20(24)22-10-3-4-11-22/h7-8,12,17,19,23H,3-6,9-11,13-14H2,1-2H3/t17-,19+/m0/s1. The molecule has 1 aromatic rings. The molecule has 1 N–H and O–H groups in total. The van der Waals surface area contributed by atoms with Crippen molar-refractivity contribution in [3.63, 3.8) is 0 Å². The summed E-state index contributed by atoms with van der Waals surface area (Å²) in [6.45, 7) is 8.35. The fourth-order valence-electron chi connectivity index (χ4n) is 4.08. The monoisotopic (exact) mass is 330 g/mol. The van der Waals surface area contributed by atoms with Crippen LogP contribution in [0.4, 0.5) is 0 Å². The molecule has 0 aliphatic carbocycles. The summed E-state index contributed by atoms with van der Waals surface area (Å²) in [5.41, 5.74) is 3.33. The smallest absolute Gasteiger partial charge is 0.226 e. The average molecular weight is 330 g/mol. The van der Waals surface area contributed by atoms with E-state index < -0.39 is 6.10 Å². The van der Waals surface area contributed by atoms with Crippen LogP contribution >= 0.6 is 0 Å². The van der Waals surface area contributed by atoms with Crippen molar-refractivity contribution >= 4 is 5.91 Å². The topological polar surface area (TPSA) is 43.8 Å². The molecule has 24 heavy (non-hydrogen) atoms. The highest BCUT2D eigenvalue weighted by molar-refractivity contribution is 5.79. The van der Waals surface area contributed by atoms with Crippen LogP contribution in [0.2, 0.25) is 0 Å². The van der Waals surface area contributed by atoms with Crippen LogP contribution in [0.15, 0.2) is 18.2 Å². The van der Waals surface area contributed by atoms with Gasteiger partial charge in [-0.1, -0.05) is 23.8 Å². The summed E-state index contributed by atoms with van der Waals surface area (Å²) < 4.78 is 0. The highest BCUT2D eigenvalue weighted by atomic mass is 16.3. The lowest BCUT2D eigenvalue weighted by atomic mass is 9.95. The van der Waals surface area contributed by atoms with Crippen LogP contribution in [-0.4, -0.2) is 53.5 Å². The minimum absolute atomic E-state index is 0.114. The highest BCUT2D eigenvalue weighted by Crippen LogP contribution is 2.25. The van der Waals surface area contributed by atoms with Crippen LogP contribution in [0.1, 0.15) is 48.5 Å². The second kappa shape index (κ2) is 7.66. The zero-order valence-corrected chi connectivity index (χ0v) is 15.0. The van der Waals surface area contributed by atoms with Gasteiger partial charge in [0, 0.05) is 26.2 Å². The molecule has 1 aromatic carbocycles. The number of benzene rings is 1. The van der Waals surface area contributed by atoms with Crippen LogP contribution in [0, 0.1) is 19.8 Å². The van der Waals surface area contributed by atoms with Crippen molar-refractivity contribution in [2.24, 2.45) is 5.92 Å². The number of β-amino-alcohol motifs (C(OH)–C–C–N with tert-alkyl or cyclic N) is 1. The van der Waals surface area contributed by atoms with Crippen molar-refractivity contribution in [3.8, 4) is 0 Å². The quantitative estimate of drug-likeness (QED) is 0.923. The van der Waals surface area contributed by atoms with Gasteiger partial charge in [-0.05, 0) is 57.2 Å². The molecule has 0 bridgehead atoms. The molecule has 2 fully saturated rings. The van der Waals surface area contributed by atoms with Gasteiger partial charge >= 0.3 is 0 Å². The third-order valence-corrected chi connectivity index (χ3v) is 5.50. The number of carbonyl (C=O) groups is 1. The summed E-state index contributed by atoms with van der Waals surface area (Å²) in [6.07, 6.45) is 3.85. The van der Waals surface area contributed by atoms with Gasteiger partial charge in [-0.3, -0.25) is 9.69 Å². The second-order valence-corrected chi connectivity index (χ2v) is 7.51. The fraction of sp³-hybridized carbons (Fsp3) is 0.650. The van der Waals surface area contributed by atoms with E-state index in [2.05, 4.69) is 30.0 Å². The maximum absolute atomic E-state index is 12.6. The van der Waals surface area contributed by atoms with Gasteiger partial charge in [-0.25, -0.2) is 0 Å². The lowest BCUT2D eigenvalue weighted by Crippen LogP contribution is -2.45.